The minimum Gasteiger partial charge on any atom is -0.394 e. The van der Waals surface area contributed by atoms with Crippen molar-refractivity contribution in [3.05, 3.63) is 32.6 Å². The lowest BCUT2D eigenvalue weighted by atomic mass is 10.0. The smallest absolute Gasteiger partial charge is 0.328 e. The number of nitrogens with zero attached hydrogens (tertiary/aromatic N) is 1. The standard InChI is InChI=1S/C13H18N2O7/c16-4-8-9(17)10(18)11(22-8)7-3-15(6-1-2-21-5-6)13(20)14-12(7)19/h3,6,8-11,16-18H,1-2,4-5H2,(H,14,19,20)/t6?,8-,9?,10?,11+/m1/s1. The molecule has 0 aliphatic carbocycles. The predicted octanol–water partition coefficient (Wildman–Crippen LogP) is -2.35. The second-order valence-electron chi connectivity index (χ2n) is 5.53. The summed E-state index contributed by atoms with van der Waals surface area (Å²) in [5, 5.41) is 28.9. The van der Waals surface area contributed by atoms with Crippen LogP contribution in [-0.2, 0) is 9.47 Å². The molecule has 0 radical (unpaired) electrons. The Hall–Kier alpha value is -1.52. The number of hydrogen-bond acceptors (Lipinski definition) is 7. The minimum absolute atomic E-state index is 0.0361. The molecule has 5 atom stereocenters. The summed E-state index contributed by atoms with van der Waals surface area (Å²) in [7, 11) is 0. The summed E-state index contributed by atoms with van der Waals surface area (Å²) in [6, 6.07) is -0.194. The molecule has 1 aromatic heterocycles. The molecule has 2 saturated heterocycles. The Morgan fingerprint density at radius 3 is 2.68 bits per heavy atom. The van der Waals surface area contributed by atoms with Gasteiger partial charge in [0.15, 0.2) is 0 Å². The van der Waals surface area contributed by atoms with Crippen LogP contribution in [0.5, 0.6) is 0 Å². The number of hydrogen-bond donors (Lipinski definition) is 4. The molecule has 0 amide bonds. The lowest BCUT2D eigenvalue weighted by Crippen LogP contribution is -2.37. The van der Waals surface area contributed by atoms with Crippen molar-refractivity contribution >= 4 is 0 Å². The van der Waals surface area contributed by atoms with Crippen molar-refractivity contribution in [1.29, 1.82) is 0 Å². The molecule has 3 heterocycles. The average Bonchev–Trinajstić information content (AvgIpc) is 3.10. The van der Waals surface area contributed by atoms with E-state index in [2.05, 4.69) is 4.98 Å². The molecule has 3 rings (SSSR count). The molecule has 9 heteroatoms. The zero-order chi connectivity index (χ0) is 15.9. The van der Waals surface area contributed by atoms with Crippen molar-refractivity contribution in [3.63, 3.8) is 0 Å². The summed E-state index contributed by atoms with van der Waals surface area (Å²) in [6.07, 6.45) is -2.77. The van der Waals surface area contributed by atoms with Gasteiger partial charge in [0.25, 0.3) is 5.56 Å². The van der Waals surface area contributed by atoms with E-state index < -0.39 is 42.3 Å². The zero-order valence-electron chi connectivity index (χ0n) is 11.7. The Bertz CT molecular complexity index is 649. The fourth-order valence-corrected chi connectivity index (χ4v) is 2.87. The van der Waals surface area contributed by atoms with Crippen molar-refractivity contribution in [2.45, 2.75) is 36.9 Å². The first-order valence-corrected chi connectivity index (χ1v) is 7.08. The van der Waals surface area contributed by atoms with Crippen LogP contribution in [0.1, 0.15) is 24.1 Å². The van der Waals surface area contributed by atoms with E-state index in [4.69, 9.17) is 14.6 Å². The molecular formula is C13H18N2O7. The lowest BCUT2D eigenvalue weighted by molar-refractivity contribution is -0.0234. The number of H-pyrrole nitrogens is 1. The molecule has 2 aliphatic heterocycles. The van der Waals surface area contributed by atoms with Crippen molar-refractivity contribution in [1.82, 2.24) is 9.55 Å². The van der Waals surface area contributed by atoms with E-state index in [1.54, 1.807) is 0 Å². The number of aromatic nitrogens is 2. The van der Waals surface area contributed by atoms with Gasteiger partial charge in [-0.1, -0.05) is 0 Å². The number of nitrogens with one attached hydrogen (secondary N) is 1. The Labute approximate surface area is 124 Å². The van der Waals surface area contributed by atoms with Gasteiger partial charge in [0, 0.05) is 12.8 Å². The SMILES string of the molecule is O=c1[nH]c(=O)n(C2CCOC2)cc1[C@@H]1O[C@H](CO)C(O)C1O. The van der Waals surface area contributed by atoms with E-state index in [0.717, 1.165) is 0 Å². The summed E-state index contributed by atoms with van der Waals surface area (Å²) in [4.78, 5) is 26.1. The number of aromatic amines is 1. The average molecular weight is 314 g/mol. The van der Waals surface area contributed by atoms with E-state index in [1.165, 1.54) is 10.8 Å². The van der Waals surface area contributed by atoms with Crippen LogP contribution in [0.2, 0.25) is 0 Å². The molecule has 1 aromatic rings. The van der Waals surface area contributed by atoms with Crippen molar-refractivity contribution in [3.8, 4) is 0 Å². The second-order valence-corrected chi connectivity index (χ2v) is 5.53. The van der Waals surface area contributed by atoms with E-state index in [-0.39, 0.29) is 11.6 Å². The topological polar surface area (TPSA) is 134 Å². The monoisotopic (exact) mass is 314 g/mol. The van der Waals surface area contributed by atoms with Crippen molar-refractivity contribution < 1.29 is 24.8 Å². The summed E-state index contributed by atoms with van der Waals surface area (Å²) >= 11 is 0. The summed E-state index contributed by atoms with van der Waals surface area (Å²) in [6.45, 7) is 0.406. The van der Waals surface area contributed by atoms with E-state index in [1.807, 2.05) is 0 Å². The van der Waals surface area contributed by atoms with Gasteiger partial charge in [-0.05, 0) is 6.42 Å². The molecule has 9 nitrogen and oxygen atoms in total. The molecule has 22 heavy (non-hydrogen) atoms. The highest BCUT2D eigenvalue weighted by Gasteiger charge is 2.44. The Kier molecular flexibility index (Phi) is 4.15. The maximum Gasteiger partial charge on any atom is 0.328 e. The molecule has 2 fully saturated rings. The van der Waals surface area contributed by atoms with Gasteiger partial charge in [0.1, 0.15) is 24.4 Å². The fraction of sp³-hybridized carbons (Fsp3) is 0.692. The molecule has 2 aliphatic rings. The van der Waals surface area contributed by atoms with Crippen LogP contribution in [0, 0.1) is 0 Å². The van der Waals surface area contributed by atoms with Gasteiger partial charge in [-0.3, -0.25) is 14.3 Å². The highest BCUT2D eigenvalue weighted by molar-refractivity contribution is 5.15. The molecule has 122 valence electrons. The van der Waals surface area contributed by atoms with Crippen LogP contribution < -0.4 is 11.2 Å². The fourth-order valence-electron chi connectivity index (χ4n) is 2.87. The Balaban J connectivity index is 1.98. The van der Waals surface area contributed by atoms with Gasteiger partial charge in [-0.25, -0.2) is 4.79 Å². The van der Waals surface area contributed by atoms with E-state index in [9.17, 15) is 19.8 Å². The maximum absolute atomic E-state index is 12.0. The summed E-state index contributed by atoms with van der Waals surface area (Å²) in [5.74, 6) is 0. The highest BCUT2D eigenvalue weighted by Crippen LogP contribution is 2.32. The summed E-state index contributed by atoms with van der Waals surface area (Å²) < 4.78 is 11.9. The van der Waals surface area contributed by atoms with Gasteiger partial charge >= 0.3 is 5.69 Å². The third-order valence-electron chi connectivity index (χ3n) is 4.14. The normalized spacial score (nSPS) is 35.1. The molecule has 3 unspecified atom stereocenters. The molecule has 0 spiro atoms. The van der Waals surface area contributed by atoms with Gasteiger partial charge < -0.3 is 24.8 Å². The first-order valence-electron chi connectivity index (χ1n) is 7.08. The van der Waals surface area contributed by atoms with Crippen molar-refractivity contribution in [2.24, 2.45) is 0 Å². The number of rotatable bonds is 3. The summed E-state index contributed by atoms with van der Waals surface area (Å²) in [5.41, 5.74) is -1.21. The van der Waals surface area contributed by atoms with Crippen LogP contribution in [0.3, 0.4) is 0 Å². The van der Waals surface area contributed by atoms with Gasteiger partial charge in [0.2, 0.25) is 0 Å². The van der Waals surface area contributed by atoms with Gasteiger partial charge in [0.05, 0.1) is 24.8 Å². The van der Waals surface area contributed by atoms with Crippen LogP contribution in [-0.4, -0.2) is 63.0 Å². The molecule has 0 aromatic carbocycles. The second kappa shape index (κ2) is 5.94. The molecule has 4 N–H and O–H groups in total. The van der Waals surface area contributed by atoms with E-state index >= 15 is 0 Å². The predicted molar refractivity (Wildman–Crippen MR) is 72.5 cm³/mol. The molecular weight excluding hydrogens is 296 g/mol. The van der Waals surface area contributed by atoms with Gasteiger partial charge in [-0.15, -0.1) is 0 Å². The Morgan fingerprint density at radius 2 is 2.09 bits per heavy atom. The highest BCUT2D eigenvalue weighted by atomic mass is 16.6. The molecule has 0 bridgehead atoms. The first kappa shape index (κ1) is 15.4. The van der Waals surface area contributed by atoms with Crippen LogP contribution in [0.4, 0.5) is 0 Å². The number of aliphatic hydroxyl groups excluding tert-OH is 3. The van der Waals surface area contributed by atoms with E-state index in [0.29, 0.717) is 19.6 Å². The number of aliphatic hydroxyl groups is 3. The van der Waals surface area contributed by atoms with Crippen molar-refractivity contribution in [2.75, 3.05) is 19.8 Å². The first-order chi connectivity index (χ1) is 10.5. The molecule has 0 saturated carbocycles. The zero-order valence-corrected chi connectivity index (χ0v) is 11.7. The minimum atomic E-state index is -1.36. The quantitative estimate of drug-likeness (QED) is 0.491. The van der Waals surface area contributed by atoms with Crippen LogP contribution in [0.25, 0.3) is 0 Å². The maximum atomic E-state index is 12.0. The Morgan fingerprint density at radius 1 is 1.32 bits per heavy atom. The van der Waals surface area contributed by atoms with Gasteiger partial charge in [-0.2, -0.15) is 0 Å². The number of ether oxygens (including phenoxy) is 2. The lowest BCUT2D eigenvalue weighted by Gasteiger charge is -2.17. The largest absolute Gasteiger partial charge is 0.394 e. The van der Waals surface area contributed by atoms with Crippen LogP contribution in [0.15, 0.2) is 15.8 Å². The third-order valence-corrected chi connectivity index (χ3v) is 4.14. The third kappa shape index (κ3) is 2.50. The van der Waals surface area contributed by atoms with Crippen LogP contribution >= 0.6 is 0 Å².